The lowest BCUT2D eigenvalue weighted by molar-refractivity contribution is 0.0989. The van der Waals surface area contributed by atoms with Gasteiger partial charge in [0.15, 0.2) is 5.58 Å². The van der Waals surface area contributed by atoms with Crippen molar-refractivity contribution >= 4 is 44.3 Å². The van der Waals surface area contributed by atoms with Crippen LogP contribution in [0.4, 0.5) is 5.69 Å². The second-order valence-corrected chi connectivity index (χ2v) is 10.3. The Bertz CT molecular complexity index is 1590. The van der Waals surface area contributed by atoms with E-state index in [2.05, 4.69) is 4.72 Å². The molecule has 0 saturated carbocycles. The summed E-state index contributed by atoms with van der Waals surface area (Å²) >= 11 is 5.92. The Balaban J connectivity index is 1.32. The number of anilines is 1. The number of nitrogens with zero attached hydrogens (tertiary/aromatic N) is 2. The number of carbonyl (C=O) groups excluding carboxylic acids is 1. The summed E-state index contributed by atoms with van der Waals surface area (Å²) in [5.41, 5.74) is 3.84. The molecule has 34 heavy (non-hydrogen) atoms. The molecular weight excluding hydrogens is 478 g/mol. The second kappa shape index (κ2) is 8.43. The predicted molar refractivity (Wildman–Crippen MR) is 129 cm³/mol. The Labute approximate surface area is 200 Å². The fourth-order valence-electron chi connectivity index (χ4n) is 4.07. The Morgan fingerprint density at radius 2 is 1.85 bits per heavy atom. The Morgan fingerprint density at radius 3 is 2.62 bits per heavy atom. The molecule has 0 radical (unpaired) electrons. The van der Waals surface area contributed by atoms with E-state index in [4.69, 9.17) is 16.0 Å². The number of rotatable bonds is 5. The Morgan fingerprint density at radius 1 is 1.09 bits per heavy atom. The third kappa shape index (κ3) is 4.02. The lowest BCUT2D eigenvalue weighted by Gasteiger charge is -2.18. The van der Waals surface area contributed by atoms with Gasteiger partial charge in [0, 0.05) is 42.5 Å². The van der Waals surface area contributed by atoms with Gasteiger partial charge in [-0.2, -0.15) is 0 Å². The predicted octanol–water partition coefficient (Wildman–Crippen LogP) is 3.47. The van der Waals surface area contributed by atoms with Crippen LogP contribution in [0.15, 0.2) is 74.8 Å². The van der Waals surface area contributed by atoms with E-state index < -0.39 is 15.8 Å². The highest BCUT2D eigenvalue weighted by Gasteiger charge is 2.26. The summed E-state index contributed by atoms with van der Waals surface area (Å²) in [6, 6.07) is 16.6. The summed E-state index contributed by atoms with van der Waals surface area (Å²) in [4.78, 5) is 26.3. The lowest BCUT2D eigenvalue weighted by Crippen LogP contribution is -2.28. The summed E-state index contributed by atoms with van der Waals surface area (Å²) in [6.45, 7) is 0.631. The van der Waals surface area contributed by atoms with Crippen molar-refractivity contribution in [1.82, 2.24) is 9.29 Å². The van der Waals surface area contributed by atoms with Gasteiger partial charge >= 0.3 is 5.76 Å². The normalized spacial score (nSPS) is 13.4. The van der Waals surface area contributed by atoms with Gasteiger partial charge in [0.2, 0.25) is 10.0 Å². The highest BCUT2D eigenvalue weighted by atomic mass is 35.5. The number of hydrogen-bond acceptors (Lipinski definition) is 5. The average Bonchev–Trinajstić information content (AvgIpc) is 3.37. The van der Waals surface area contributed by atoms with E-state index >= 15 is 0 Å². The van der Waals surface area contributed by atoms with Crippen LogP contribution in [0.25, 0.3) is 11.1 Å². The topological polar surface area (TPSA) is 102 Å². The van der Waals surface area contributed by atoms with Crippen LogP contribution in [0, 0.1) is 0 Å². The number of benzene rings is 3. The number of nitrogens with one attached hydrogen (secondary N) is 1. The number of hydrogen-bond donors (Lipinski definition) is 1. The zero-order chi connectivity index (χ0) is 24.0. The maximum absolute atomic E-state index is 12.9. The lowest BCUT2D eigenvalue weighted by atomic mass is 10.1. The number of halogens is 1. The fraction of sp³-hybridized carbons (Fsp3) is 0.167. The molecule has 0 bridgehead atoms. The molecule has 0 unspecified atom stereocenters. The number of amides is 1. The number of aryl methyl sites for hydroxylation is 1. The SMILES string of the molecule is Cn1c(=O)oc2cc(S(=O)(=O)NCc3ccc4c(c3)CCN4C(=O)c3ccc(Cl)cc3)ccc21. The average molecular weight is 498 g/mol. The molecule has 0 atom stereocenters. The molecule has 1 aliphatic heterocycles. The van der Waals surface area contributed by atoms with Gasteiger partial charge in [0.05, 0.1) is 10.4 Å². The molecule has 0 aliphatic carbocycles. The first kappa shape index (κ1) is 22.4. The van der Waals surface area contributed by atoms with Crippen molar-refractivity contribution in [3.8, 4) is 0 Å². The molecule has 2 heterocycles. The Kier molecular flexibility index (Phi) is 5.55. The molecule has 1 amide bonds. The highest BCUT2D eigenvalue weighted by molar-refractivity contribution is 7.89. The quantitative estimate of drug-likeness (QED) is 0.455. The summed E-state index contributed by atoms with van der Waals surface area (Å²) < 4.78 is 34.6. The van der Waals surface area contributed by atoms with Gasteiger partial charge < -0.3 is 9.32 Å². The van der Waals surface area contributed by atoms with Crippen molar-refractivity contribution in [2.24, 2.45) is 7.05 Å². The van der Waals surface area contributed by atoms with Crippen molar-refractivity contribution in [1.29, 1.82) is 0 Å². The zero-order valence-electron chi connectivity index (χ0n) is 18.1. The smallest absolute Gasteiger partial charge is 0.408 e. The minimum atomic E-state index is -3.83. The van der Waals surface area contributed by atoms with Crippen LogP contribution in [0.5, 0.6) is 0 Å². The number of aromatic nitrogens is 1. The maximum atomic E-state index is 12.9. The molecule has 3 aromatic carbocycles. The van der Waals surface area contributed by atoms with Gasteiger partial charge in [-0.3, -0.25) is 9.36 Å². The van der Waals surface area contributed by atoms with Gasteiger partial charge in [0.1, 0.15) is 0 Å². The molecule has 1 aliphatic rings. The molecule has 5 rings (SSSR count). The summed E-state index contributed by atoms with van der Waals surface area (Å²) in [6.07, 6.45) is 0.680. The third-order valence-corrected chi connectivity index (χ3v) is 7.57. The molecule has 1 N–H and O–H groups in total. The number of fused-ring (bicyclic) bond motifs is 2. The second-order valence-electron chi connectivity index (χ2n) is 8.06. The van der Waals surface area contributed by atoms with E-state index in [1.165, 1.54) is 22.8 Å². The van der Waals surface area contributed by atoms with E-state index in [1.807, 2.05) is 12.1 Å². The summed E-state index contributed by atoms with van der Waals surface area (Å²) in [5.74, 6) is -0.661. The van der Waals surface area contributed by atoms with Crippen molar-refractivity contribution in [2.45, 2.75) is 17.9 Å². The number of carbonyl (C=O) groups is 1. The van der Waals surface area contributed by atoms with E-state index in [0.29, 0.717) is 29.1 Å². The van der Waals surface area contributed by atoms with Crippen LogP contribution in [-0.2, 0) is 30.0 Å². The first-order valence-electron chi connectivity index (χ1n) is 10.5. The van der Waals surface area contributed by atoms with Gasteiger partial charge in [-0.15, -0.1) is 0 Å². The molecule has 1 aromatic heterocycles. The van der Waals surface area contributed by atoms with Crippen LogP contribution >= 0.6 is 11.6 Å². The molecule has 8 nitrogen and oxygen atoms in total. The minimum absolute atomic E-state index is 0.00949. The van der Waals surface area contributed by atoms with Crippen LogP contribution < -0.4 is 15.4 Å². The van der Waals surface area contributed by atoms with Gasteiger partial charge in [-0.25, -0.2) is 17.9 Å². The number of sulfonamides is 1. The van der Waals surface area contributed by atoms with Crippen molar-refractivity contribution in [3.63, 3.8) is 0 Å². The fourth-order valence-corrected chi connectivity index (χ4v) is 5.23. The van der Waals surface area contributed by atoms with E-state index in [1.54, 1.807) is 42.3 Å². The van der Waals surface area contributed by atoms with Crippen LogP contribution in [-0.4, -0.2) is 25.4 Å². The van der Waals surface area contributed by atoms with Crippen molar-refractivity contribution in [3.05, 3.63) is 92.9 Å². The molecular formula is C24H20ClN3O5S. The van der Waals surface area contributed by atoms with E-state index in [0.717, 1.165) is 16.8 Å². The van der Waals surface area contributed by atoms with Gasteiger partial charge in [-0.05, 0) is 60.0 Å². The molecule has 0 spiro atoms. The van der Waals surface area contributed by atoms with E-state index in [9.17, 15) is 18.0 Å². The molecule has 0 fully saturated rings. The maximum Gasteiger partial charge on any atom is 0.419 e. The number of oxazole rings is 1. The third-order valence-electron chi connectivity index (χ3n) is 5.92. The molecule has 174 valence electrons. The van der Waals surface area contributed by atoms with Crippen LogP contribution in [0.3, 0.4) is 0 Å². The monoisotopic (exact) mass is 497 g/mol. The standard InChI is InChI=1S/C24H20ClN3O5S/c1-27-21-9-7-19(13-22(21)33-24(27)30)34(31,32)26-14-15-2-8-20-17(12-15)10-11-28(20)23(29)16-3-5-18(25)6-4-16/h2-9,12-13,26H,10-11,14H2,1H3. The van der Waals surface area contributed by atoms with Crippen LogP contribution in [0.2, 0.25) is 5.02 Å². The van der Waals surface area contributed by atoms with Gasteiger partial charge in [0.25, 0.3) is 5.91 Å². The zero-order valence-corrected chi connectivity index (χ0v) is 19.7. The molecule has 10 heteroatoms. The first-order chi connectivity index (χ1) is 16.2. The van der Waals surface area contributed by atoms with E-state index in [-0.39, 0.29) is 22.9 Å². The first-order valence-corrected chi connectivity index (χ1v) is 12.4. The largest absolute Gasteiger partial charge is 0.419 e. The summed E-state index contributed by atoms with van der Waals surface area (Å²) in [7, 11) is -2.27. The summed E-state index contributed by atoms with van der Waals surface area (Å²) in [5, 5.41) is 0.568. The highest BCUT2D eigenvalue weighted by Crippen LogP contribution is 2.30. The Hall–Kier alpha value is -3.40. The minimum Gasteiger partial charge on any atom is -0.408 e. The molecule has 0 saturated heterocycles. The van der Waals surface area contributed by atoms with Gasteiger partial charge in [-0.1, -0.05) is 23.7 Å². The molecule has 4 aromatic rings. The van der Waals surface area contributed by atoms with Crippen molar-refractivity contribution in [2.75, 3.05) is 11.4 Å². The van der Waals surface area contributed by atoms with Crippen LogP contribution in [0.1, 0.15) is 21.5 Å². The van der Waals surface area contributed by atoms with Crippen molar-refractivity contribution < 1.29 is 17.6 Å².